The predicted octanol–water partition coefficient (Wildman–Crippen LogP) is 5.08. The SMILES string of the molecule is [C-]#[N+]N=C1c2cc(Br)ccc2CC12CCc1cc(F)c(F)cc1C2. The summed E-state index contributed by atoms with van der Waals surface area (Å²) in [6.45, 7) is 7.19. The lowest BCUT2D eigenvalue weighted by Crippen LogP contribution is -2.35. The summed E-state index contributed by atoms with van der Waals surface area (Å²) in [6, 6.07) is 8.64. The highest BCUT2D eigenvalue weighted by molar-refractivity contribution is 9.10. The number of hydrogen-bond acceptors (Lipinski definition) is 1. The summed E-state index contributed by atoms with van der Waals surface area (Å²) in [4.78, 5) is 3.27. The number of fused-ring (bicyclic) bond motifs is 2. The molecule has 2 aromatic rings. The van der Waals surface area contributed by atoms with Crippen LogP contribution < -0.4 is 0 Å². The average Bonchev–Trinajstić information content (AvgIpc) is 2.83. The number of hydrogen-bond donors (Lipinski definition) is 0. The zero-order chi connectivity index (χ0) is 16.9. The summed E-state index contributed by atoms with van der Waals surface area (Å²) in [6.07, 6.45) is 2.81. The van der Waals surface area contributed by atoms with Gasteiger partial charge in [0, 0.05) is 15.5 Å². The molecule has 0 aromatic heterocycles. The van der Waals surface area contributed by atoms with Crippen molar-refractivity contribution in [1.29, 1.82) is 0 Å². The van der Waals surface area contributed by atoms with E-state index in [2.05, 4.69) is 26.0 Å². The van der Waals surface area contributed by atoms with Gasteiger partial charge in [-0.05, 0) is 66.6 Å². The van der Waals surface area contributed by atoms with Crippen molar-refractivity contribution in [3.63, 3.8) is 0 Å². The molecule has 1 atom stereocenters. The van der Waals surface area contributed by atoms with Crippen molar-refractivity contribution in [2.45, 2.75) is 25.7 Å². The molecule has 2 aliphatic rings. The van der Waals surface area contributed by atoms with Gasteiger partial charge in [-0.3, -0.25) is 0 Å². The first kappa shape index (κ1) is 15.5. The van der Waals surface area contributed by atoms with Gasteiger partial charge in [0.15, 0.2) is 11.6 Å². The van der Waals surface area contributed by atoms with Crippen LogP contribution >= 0.6 is 15.9 Å². The Morgan fingerprint density at radius 3 is 2.50 bits per heavy atom. The van der Waals surface area contributed by atoms with Gasteiger partial charge >= 0.3 is 0 Å². The summed E-state index contributed by atoms with van der Waals surface area (Å²) in [5.74, 6) is -1.61. The molecule has 2 nitrogen and oxygen atoms in total. The highest BCUT2D eigenvalue weighted by Crippen LogP contribution is 2.47. The third-order valence-electron chi connectivity index (χ3n) is 5.15. The highest BCUT2D eigenvalue weighted by Gasteiger charge is 2.47. The van der Waals surface area contributed by atoms with Gasteiger partial charge in [0.05, 0.1) is 5.10 Å². The van der Waals surface area contributed by atoms with Crippen molar-refractivity contribution in [2.24, 2.45) is 10.5 Å². The fourth-order valence-electron chi connectivity index (χ4n) is 4.07. The molecular weight excluding hydrogens is 374 g/mol. The summed E-state index contributed by atoms with van der Waals surface area (Å²) in [5, 5.41) is 4.12. The molecule has 0 saturated heterocycles. The van der Waals surface area contributed by atoms with Gasteiger partial charge in [-0.25, -0.2) is 8.78 Å². The summed E-state index contributed by atoms with van der Waals surface area (Å²) >= 11 is 3.48. The van der Waals surface area contributed by atoms with E-state index in [0.29, 0.717) is 12.8 Å². The molecule has 24 heavy (non-hydrogen) atoms. The Hall–Kier alpha value is -2.06. The van der Waals surface area contributed by atoms with Gasteiger partial charge < -0.3 is 0 Å². The molecule has 0 amide bonds. The molecule has 0 aliphatic heterocycles. The van der Waals surface area contributed by atoms with Gasteiger partial charge in [0.2, 0.25) is 0 Å². The van der Waals surface area contributed by atoms with Gasteiger partial charge in [-0.1, -0.05) is 22.0 Å². The quantitative estimate of drug-likeness (QED) is 0.443. The van der Waals surface area contributed by atoms with Crippen LogP contribution in [-0.4, -0.2) is 5.71 Å². The standard InChI is InChI=1S/C19H13BrF2N2/c1-23-24-18-15-8-14(20)3-2-12(15)9-19(18)5-4-11-6-16(21)17(22)7-13(11)10-19/h2-3,6-8H,4-5,9-10H2. The number of benzene rings is 2. The third kappa shape index (κ3) is 2.29. The lowest BCUT2D eigenvalue weighted by molar-refractivity contribution is 0.368. The molecule has 1 spiro atoms. The van der Waals surface area contributed by atoms with Gasteiger partial charge in [0.1, 0.15) is 5.71 Å². The van der Waals surface area contributed by atoms with E-state index in [0.717, 1.165) is 45.3 Å². The Bertz CT molecular complexity index is 930. The van der Waals surface area contributed by atoms with E-state index < -0.39 is 11.6 Å². The molecular formula is C19H13BrF2N2. The average molecular weight is 387 g/mol. The molecule has 0 fully saturated rings. The van der Waals surface area contributed by atoms with Crippen molar-refractivity contribution in [3.05, 3.63) is 80.2 Å². The third-order valence-corrected chi connectivity index (χ3v) is 5.65. The first-order valence-electron chi connectivity index (χ1n) is 7.73. The van der Waals surface area contributed by atoms with Crippen LogP contribution in [0.15, 0.2) is 39.9 Å². The van der Waals surface area contributed by atoms with Crippen LogP contribution in [0.1, 0.15) is 28.7 Å². The zero-order valence-electron chi connectivity index (χ0n) is 12.7. The Balaban J connectivity index is 1.83. The van der Waals surface area contributed by atoms with Crippen molar-refractivity contribution in [1.82, 2.24) is 0 Å². The maximum Gasteiger partial charge on any atom is 0.159 e. The van der Waals surface area contributed by atoms with Crippen molar-refractivity contribution in [2.75, 3.05) is 0 Å². The summed E-state index contributed by atoms with van der Waals surface area (Å²) in [7, 11) is 0. The van der Waals surface area contributed by atoms with Crippen LogP contribution in [0.5, 0.6) is 0 Å². The van der Waals surface area contributed by atoms with E-state index >= 15 is 0 Å². The molecule has 5 heteroatoms. The number of nitrogens with zero attached hydrogens (tertiary/aromatic N) is 2. The molecule has 120 valence electrons. The monoisotopic (exact) mass is 386 g/mol. The van der Waals surface area contributed by atoms with E-state index in [1.165, 1.54) is 12.1 Å². The first-order valence-corrected chi connectivity index (χ1v) is 8.52. The topological polar surface area (TPSA) is 16.7 Å². The second kappa shape index (κ2) is 5.49. The molecule has 1 unspecified atom stereocenters. The van der Waals surface area contributed by atoms with Crippen molar-refractivity contribution in [3.8, 4) is 0 Å². The minimum atomic E-state index is -0.812. The molecule has 0 saturated carbocycles. The molecule has 0 heterocycles. The maximum absolute atomic E-state index is 13.7. The van der Waals surface area contributed by atoms with Crippen LogP contribution in [0.25, 0.3) is 4.95 Å². The predicted molar refractivity (Wildman–Crippen MR) is 91.8 cm³/mol. The lowest BCUT2D eigenvalue weighted by Gasteiger charge is -2.34. The molecule has 2 aromatic carbocycles. The molecule has 0 bridgehead atoms. The van der Waals surface area contributed by atoms with Crippen LogP contribution in [0, 0.1) is 23.6 Å². The van der Waals surface area contributed by atoms with E-state index in [9.17, 15) is 8.78 Å². The van der Waals surface area contributed by atoms with Crippen LogP contribution in [0.4, 0.5) is 8.78 Å². The Labute approximate surface area is 147 Å². The maximum atomic E-state index is 13.7. The fourth-order valence-corrected chi connectivity index (χ4v) is 4.43. The second-order valence-corrected chi connectivity index (χ2v) is 7.43. The number of aryl methyl sites for hydroxylation is 1. The smallest absolute Gasteiger partial charge is 0.159 e. The zero-order valence-corrected chi connectivity index (χ0v) is 14.3. The van der Waals surface area contributed by atoms with Crippen LogP contribution in [0.3, 0.4) is 0 Å². The Morgan fingerprint density at radius 2 is 1.75 bits per heavy atom. The van der Waals surface area contributed by atoms with Crippen LogP contribution in [0.2, 0.25) is 0 Å². The molecule has 2 aliphatic carbocycles. The van der Waals surface area contributed by atoms with Gasteiger partial charge in [-0.15, -0.1) is 4.95 Å². The van der Waals surface area contributed by atoms with Gasteiger partial charge in [0.25, 0.3) is 0 Å². The lowest BCUT2D eigenvalue weighted by atomic mass is 9.68. The fraction of sp³-hybridized carbons (Fsp3) is 0.263. The van der Waals surface area contributed by atoms with Crippen molar-refractivity contribution >= 4 is 21.6 Å². The van der Waals surface area contributed by atoms with Crippen molar-refractivity contribution < 1.29 is 8.78 Å². The minimum absolute atomic E-state index is 0.301. The Morgan fingerprint density at radius 1 is 1.04 bits per heavy atom. The molecule has 0 N–H and O–H groups in total. The summed E-state index contributed by atoms with van der Waals surface area (Å²) in [5.41, 5.74) is 4.32. The van der Waals surface area contributed by atoms with Gasteiger partial charge in [-0.2, -0.15) is 6.57 Å². The van der Waals surface area contributed by atoms with E-state index in [-0.39, 0.29) is 5.41 Å². The molecule has 0 radical (unpaired) electrons. The highest BCUT2D eigenvalue weighted by atomic mass is 79.9. The second-order valence-electron chi connectivity index (χ2n) is 6.52. The Kier molecular flexibility index (Phi) is 3.54. The number of halogens is 3. The minimum Gasteiger partial charge on any atom is -0.204 e. The summed E-state index contributed by atoms with van der Waals surface area (Å²) < 4.78 is 28.1. The first-order chi connectivity index (χ1) is 11.5. The van der Waals surface area contributed by atoms with E-state index in [4.69, 9.17) is 6.57 Å². The van der Waals surface area contributed by atoms with Crippen LogP contribution in [-0.2, 0) is 19.3 Å². The normalized spacial score (nSPS) is 23.2. The molecule has 4 rings (SSSR count). The van der Waals surface area contributed by atoms with E-state index in [1.54, 1.807) is 0 Å². The van der Waals surface area contributed by atoms with E-state index in [1.807, 2.05) is 18.2 Å². The number of rotatable bonds is 0. The largest absolute Gasteiger partial charge is 0.204 e.